The average Bonchev–Trinajstić information content (AvgIpc) is 3.22. The predicted octanol–water partition coefficient (Wildman–Crippen LogP) is 5.66. The molecule has 0 saturated heterocycles. The minimum absolute atomic E-state index is 0.0409. The average molecular weight is 491 g/mol. The van der Waals surface area contributed by atoms with Gasteiger partial charge in [0.15, 0.2) is 0 Å². The number of ether oxygens (including phenoxy) is 1. The number of rotatable bonds is 8. The summed E-state index contributed by atoms with van der Waals surface area (Å²) in [6, 6.07) is 15.7. The van der Waals surface area contributed by atoms with Crippen molar-refractivity contribution in [3.63, 3.8) is 0 Å². The molecule has 1 N–H and O–H groups in total. The van der Waals surface area contributed by atoms with E-state index in [9.17, 15) is 18.1 Å². The van der Waals surface area contributed by atoms with Gasteiger partial charge in [0.2, 0.25) is 0 Å². The summed E-state index contributed by atoms with van der Waals surface area (Å²) < 4.78 is 43.3. The largest absolute Gasteiger partial charge is 0.435 e. The van der Waals surface area contributed by atoms with Crippen LogP contribution in [0.3, 0.4) is 0 Å². The molecule has 0 aliphatic rings. The number of hydrogen-bond donors (Lipinski definition) is 1. The van der Waals surface area contributed by atoms with Crippen LogP contribution in [0.4, 0.5) is 8.78 Å². The highest BCUT2D eigenvalue weighted by molar-refractivity contribution is 7.84. The highest BCUT2D eigenvalue weighted by Crippen LogP contribution is 2.29. The van der Waals surface area contributed by atoms with E-state index in [-0.39, 0.29) is 18.6 Å². The van der Waals surface area contributed by atoms with Crippen molar-refractivity contribution in [2.45, 2.75) is 30.5 Å². The van der Waals surface area contributed by atoms with Gasteiger partial charge in [-0.1, -0.05) is 23.7 Å². The van der Waals surface area contributed by atoms with Gasteiger partial charge in [0.1, 0.15) is 11.4 Å². The highest BCUT2D eigenvalue weighted by atomic mass is 35.5. The fourth-order valence-electron chi connectivity index (χ4n) is 3.58. The second-order valence-corrected chi connectivity index (χ2v) is 9.33. The molecule has 2 heterocycles. The van der Waals surface area contributed by atoms with Crippen LogP contribution in [0.2, 0.25) is 5.02 Å². The molecule has 4 aromatic rings. The number of fused-ring (bicyclic) bond motifs is 1. The van der Waals surface area contributed by atoms with Gasteiger partial charge in [-0.25, -0.2) is 4.98 Å². The second kappa shape index (κ2) is 9.99. The number of hydrogen-bond acceptors (Lipinski definition) is 4. The molecule has 33 heavy (non-hydrogen) atoms. The van der Waals surface area contributed by atoms with Crippen LogP contribution in [0.5, 0.6) is 5.75 Å². The van der Waals surface area contributed by atoms with Gasteiger partial charge in [0, 0.05) is 39.4 Å². The SMILES string of the molecule is CS(=O)c1ccc(-c2ccc3nc(C(O)CCc4cc(Cl)ccc4OC(F)F)cn3c2)cc1. The van der Waals surface area contributed by atoms with Gasteiger partial charge in [-0.3, -0.25) is 4.21 Å². The summed E-state index contributed by atoms with van der Waals surface area (Å²) >= 11 is 5.99. The number of aromatic nitrogens is 2. The van der Waals surface area contributed by atoms with Gasteiger partial charge in [0.25, 0.3) is 0 Å². The standard InChI is InChI=1S/C24H21ClF2N2O3S/c1-33(31)19-7-2-15(3-8-19)17-5-11-23-28-20(14-29(23)13-17)21(30)9-4-16-12-18(25)6-10-22(16)32-24(26)27/h2-3,5-8,10-14,21,24,30H,4,9H2,1H3. The Morgan fingerprint density at radius 2 is 1.82 bits per heavy atom. The number of halogens is 3. The molecular weight excluding hydrogens is 470 g/mol. The molecule has 9 heteroatoms. The first-order valence-electron chi connectivity index (χ1n) is 10.1. The number of imidazole rings is 1. The molecule has 0 bridgehead atoms. The number of pyridine rings is 1. The van der Waals surface area contributed by atoms with Gasteiger partial charge in [-0.2, -0.15) is 8.78 Å². The molecule has 2 aromatic carbocycles. The lowest BCUT2D eigenvalue weighted by molar-refractivity contribution is -0.0505. The zero-order chi connectivity index (χ0) is 23.5. The van der Waals surface area contributed by atoms with E-state index >= 15 is 0 Å². The van der Waals surface area contributed by atoms with E-state index < -0.39 is 23.5 Å². The third kappa shape index (κ3) is 5.58. The van der Waals surface area contributed by atoms with Gasteiger partial charge < -0.3 is 14.2 Å². The van der Waals surface area contributed by atoms with Crippen LogP contribution in [0, 0.1) is 0 Å². The third-order valence-electron chi connectivity index (χ3n) is 5.26. The lowest BCUT2D eigenvalue weighted by Gasteiger charge is -2.13. The first kappa shape index (κ1) is 23.4. The zero-order valence-corrected chi connectivity index (χ0v) is 19.2. The molecule has 0 radical (unpaired) electrons. The summed E-state index contributed by atoms with van der Waals surface area (Å²) in [5.41, 5.74) is 3.55. The molecule has 172 valence electrons. The number of aliphatic hydroxyl groups excluding tert-OH is 1. The van der Waals surface area contributed by atoms with Crippen molar-refractivity contribution < 1.29 is 22.8 Å². The van der Waals surface area contributed by atoms with Gasteiger partial charge in [-0.05, 0) is 72.0 Å². The van der Waals surface area contributed by atoms with Crippen molar-refractivity contribution in [3.05, 3.63) is 83.3 Å². The topological polar surface area (TPSA) is 63.8 Å². The van der Waals surface area contributed by atoms with Crippen LogP contribution < -0.4 is 4.74 Å². The lowest BCUT2D eigenvalue weighted by atomic mass is 10.0. The van der Waals surface area contributed by atoms with Gasteiger partial charge >= 0.3 is 6.61 Å². The van der Waals surface area contributed by atoms with Crippen molar-refractivity contribution in [1.82, 2.24) is 9.38 Å². The molecule has 4 rings (SSSR count). The van der Waals surface area contributed by atoms with Crippen molar-refractivity contribution in [3.8, 4) is 16.9 Å². The fourth-order valence-corrected chi connectivity index (χ4v) is 4.29. The van der Waals surface area contributed by atoms with E-state index in [0.29, 0.717) is 21.9 Å². The smallest absolute Gasteiger partial charge is 0.387 e. The third-order valence-corrected chi connectivity index (χ3v) is 6.43. The Bertz CT molecular complexity index is 1290. The van der Waals surface area contributed by atoms with Gasteiger partial charge in [0.05, 0.1) is 11.8 Å². The van der Waals surface area contributed by atoms with E-state index in [1.165, 1.54) is 12.1 Å². The van der Waals surface area contributed by atoms with Crippen LogP contribution in [0.1, 0.15) is 23.8 Å². The van der Waals surface area contributed by atoms with E-state index in [1.54, 1.807) is 18.5 Å². The normalized spacial score (nSPS) is 13.4. The van der Waals surface area contributed by atoms with E-state index in [4.69, 9.17) is 11.6 Å². The van der Waals surface area contributed by atoms with Crippen molar-refractivity contribution in [1.29, 1.82) is 0 Å². The minimum atomic E-state index is -2.94. The first-order chi connectivity index (χ1) is 15.8. The number of aryl methyl sites for hydroxylation is 1. The second-order valence-electron chi connectivity index (χ2n) is 7.51. The highest BCUT2D eigenvalue weighted by Gasteiger charge is 2.16. The fraction of sp³-hybridized carbons (Fsp3) is 0.208. The van der Waals surface area contributed by atoms with Crippen molar-refractivity contribution in [2.24, 2.45) is 0 Å². The molecule has 0 fully saturated rings. The lowest BCUT2D eigenvalue weighted by Crippen LogP contribution is -2.06. The molecule has 2 aromatic heterocycles. The Kier molecular flexibility index (Phi) is 7.07. The maximum absolute atomic E-state index is 12.7. The first-order valence-corrected chi connectivity index (χ1v) is 12.1. The van der Waals surface area contributed by atoms with Crippen LogP contribution in [0.25, 0.3) is 16.8 Å². The minimum Gasteiger partial charge on any atom is -0.435 e. The number of alkyl halides is 2. The Morgan fingerprint density at radius 3 is 2.52 bits per heavy atom. The maximum Gasteiger partial charge on any atom is 0.387 e. The van der Waals surface area contributed by atoms with Crippen molar-refractivity contribution >= 4 is 28.0 Å². The van der Waals surface area contributed by atoms with Crippen LogP contribution in [-0.4, -0.2) is 31.6 Å². The van der Waals surface area contributed by atoms with Crippen LogP contribution in [0.15, 0.2) is 71.9 Å². The van der Waals surface area contributed by atoms with Crippen LogP contribution in [-0.2, 0) is 17.2 Å². The quantitative estimate of drug-likeness (QED) is 0.346. The Hall–Kier alpha value is -2.81. The molecule has 2 atom stereocenters. The van der Waals surface area contributed by atoms with Crippen LogP contribution >= 0.6 is 11.6 Å². The Labute approximate surface area is 197 Å². The van der Waals surface area contributed by atoms with Crippen molar-refractivity contribution in [2.75, 3.05) is 6.26 Å². The van der Waals surface area contributed by atoms with Gasteiger partial charge in [-0.15, -0.1) is 0 Å². The van der Waals surface area contributed by atoms with E-state index in [2.05, 4.69) is 9.72 Å². The Morgan fingerprint density at radius 1 is 1.09 bits per heavy atom. The molecule has 0 aliphatic heterocycles. The summed E-state index contributed by atoms with van der Waals surface area (Å²) in [6.07, 6.45) is 4.93. The summed E-state index contributed by atoms with van der Waals surface area (Å²) in [5.74, 6) is 0.0409. The number of aliphatic hydroxyl groups is 1. The summed E-state index contributed by atoms with van der Waals surface area (Å²) in [5, 5.41) is 11.1. The van der Waals surface area contributed by atoms with E-state index in [0.717, 1.165) is 16.0 Å². The molecule has 0 spiro atoms. The molecule has 0 saturated carbocycles. The molecule has 0 amide bonds. The molecule has 2 unspecified atom stereocenters. The summed E-state index contributed by atoms with van der Waals surface area (Å²) in [7, 11) is -1.04. The predicted molar refractivity (Wildman–Crippen MR) is 124 cm³/mol. The summed E-state index contributed by atoms with van der Waals surface area (Å²) in [6.45, 7) is -2.94. The summed E-state index contributed by atoms with van der Waals surface area (Å²) in [4.78, 5) is 5.24. The molecule has 5 nitrogen and oxygen atoms in total. The Balaban J connectivity index is 1.51. The molecular formula is C24H21ClF2N2O3S. The number of benzene rings is 2. The molecule has 0 aliphatic carbocycles. The zero-order valence-electron chi connectivity index (χ0n) is 17.6. The monoisotopic (exact) mass is 490 g/mol. The van der Waals surface area contributed by atoms with E-state index in [1.807, 2.05) is 47.0 Å². The number of nitrogens with zero attached hydrogens (tertiary/aromatic N) is 2. The maximum atomic E-state index is 12.7.